The van der Waals surface area contributed by atoms with Gasteiger partial charge in [0.2, 0.25) is 11.8 Å². The highest BCUT2D eigenvalue weighted by atomic mass is 79.9. The van der Waals surface area contributed by atoms with Crippen molar-refractivity contribution < 1.29 is 33.8 Å². The van der Waals surface area contributed by atoms with E-state index in [1.165, 1.54) is 9.80 Å². The Morgan fingerprint density at radius 3 is 2.37 bits per heavy atom. The zero-order chi connectivity index (χ0) is 38.6. The molecule has 54 heavy (non-hydrogen) atoms. The summed E-state index contributed by atoms with van der Waals surface area (Å²) in [6.07, 6.45) is 2.81. The summed E-state index contributed by atoms with van der Waals surface area (Å²) in [6.45, 7) is 9.01. The fourth-order valence-corrected chi connectivity index (χ4v) is 9.38. The van der Waals surface area contributed by atoms with Crippen LogP contribution in [-0.2, 0) is 35.1 Å². The molecule has 2 bridgehead atoms. The number of aliphatic hydroxyl groups is 1. The van der Waals surface area contributed by atoms with Crippen LogP contribution in [0.25, 0.3) is 0 Å². The quantitative estimate of drug-likeness (QED) is 0.104. The summed E-state index contributed by atoms with van der Waals surface area (Å²) in [7, 11) is 0. The molecule has 3 aliphatic heterocycles. The topological polar surface area (TPSA) is 125 Å². The van der Waals surface area contributed by atoms with Crippen LogP contribution in [0.5, 0.6) is 0 Å². The third-order valence-electron chi connectivity index (χ3n) is 10.7. The molecule has 6 rings (SSSR count). The van der Waals surface area contributed by atoms with Gasteiger partial charge in [0.15, 0.2) is 0 Å². The zero-order valence-electron chi connectivity index (χ0n) is 30.1. The number of carbonyl (C=O) groups excluding carboxylic acids is 4. The largest absolute Gasteiger partial charge is 0.455 e. The van der Waals surface area contributed by atoms with Crippen molar-refractivity contribution in [2.75, 3.05) is 18.1 Å². The number of carbonyl (C=O) groups is 4. The Morgan fingerprint density at radius 2 is 1.74 bits per heavy atom. The first-order valence-electron chi connectivity index (χ1n) is 18.2. The number of nitrogens with zero attached hydrogens (tertiary/aromatic N) is 2. The van der Waals surface area contributed by atoms with E-state index in [2.05, 4.69) is 34.4 Å². The highest BCUT2D eigenvalue weighted by Crippen LogP contribution is 2.61. The van der Waals surface area contributed by atoms with Gasteiger partial charge in [-0.2, -0.15) is 0 Å². The molecule has 284 valence electrons. The Hall–Kier alpha value is -4.29. The fourth-order valence-electron chi connectivity index (χ4n) is 8.31. The molecule has 3 fully saturated rings. The van der Waals surface area contributed by atoms with Gasteiger partial charge in [-0.25, -0.2) is 0 Å². The lowest BCUT2D eigenvalue weighted by molar-refractivity contribution is -0.162. The minimum Gasteiger partial charge on any atom is -0.455 e. The van der Waals surface area contributed by atoms with E-state index in [9.17, 15) is 14.7 Å². The standard InChI is InChI=1S/C42H45BrClN3O7/c1-4-6-17-33(49)45-26(3)36(28-15-11-8-12-16-28)53-41(52)34-35-39(50)47(31(25-48)23-27-13-9-7-10-14-27)38(42(35)24-32(43)37(34)54-42)40(51)46(22-5-2)30-20-18-29(44)19-21-30/h4-5,7-16,18-21,26,31-32,34-38,48H,1-2,6,17,22-25H2,3H3,(H,45,49)/t26-,31+,32?,34+,35-,36-,37+,38+,42-/m0/s1. The normalized spacial score (nSPS) is 25.7. The molecular formula is C42H45BrClN3O7. The predicted molar refractivity (Wildman–Crippen MR) is 210 cm³/mol. The number of rotatable bonds is 16. The van der Waals surface area contributed by atoms with Crippen molar-refractivity contribution in [2.24, 2.45) is 11.8 Å². The molecule has 3 amide bonds. The number of alkyl halides is 1. The SMILES string of the molecule is C=CCCC(=O)N[C@@H](C)[C@H](OC(=O)[C@H]1[C@@H]2O[C@@]3(CC2Br)[C@@H]1C(=O)N([C@@H](CO)Cc1ccccc1)[C@@H]3C(=O)N(CC=C)c1ccc(Cl)cc1)c1ccccc1. The number of fused-ring (bicyclic) bond motifs is 1. The van der Waals surface area contributed by atoms with E-state index in [0.29, 0.717) is 22.7 Å². The second-order valence-corrected chi connectivity index (χ2v) is 15.7. The summed E-state index contributed by atoms with van der Waals surface area (Å²) in [5, 5.41) is 14.4. The number of likely N-dealkylation sites (tertiary alicyclic amines) is 1. The molecule has 3 aliphatic rings. The van der Waals surface area contributed by atoms with Crippen LogP contribution >= 0.6 is 27.5 Å². The minimum atomic E-state index is -1.43. The summed E-state index contributed by atoms with van der Waals surface area (Å²) >= 11 is 9.95. The number of aliphatic hydroxyl groups excluding tert-OH is 1. The first kappa shape index (κ1) is 39.4. The molecule has 0 saturated carbocycles. The van der Waals surface area contributed by atoms with Gasteiger partial charge in [-0.15, -0.1) is 13.2 Å². The van der Waals surface area contributed by atoms with E-state index in [4.69, 9.17) is 21.1 Å². The predicted octanol–water partition coefficient (Wildman–Crippen LogP) is 5.97. The number of ether oxygens (including phenoxy) is 2. The van der Waals surface area contributed by atoms with E-state index in [-0.39, 0.29) is 31.7 Å². The molecule has 3 aromatic carbocycles. The van der Waals surface area contributed by atoms with Gasteiger partial charge in [0.25, 0.3) is 5.91 Å². The number of hydrogen-bond acceptors (Lipinski definition) is 7. The van der Waals surface area contributed by atoms with Crippen molar-refractivity contribution in [1.82, 2.24) is 10.2 Å². The maximum atomic E-state index is 15.1. The molecule has 0 radical (unpaired) electrons. The molecule has 3 aromatic rings. The van der Waals surface area contributed by atoms with Gasteiger partial charge in [-0.05, 0) is 61.6 Å². The Labute approximate surface area is 329 Å². The lowest BCUT2D eigenvalue weighted by atomic mass is 9.70. The molecular weight excluding hydrogens is 774 g/mol. The maximum absolute atomic E-state index is 15.1. The van der Waals surface area contributed by atoms with E-state index in [0.717, 1.165) is 5.56 Å². The summed E-state index contributed by atoms with van der Waals surface area (Å²) in [5.74, 6) is -3.99. The van der Waals surface area contributed by atoms with Gasteiger partial charge in [-0.3, -0.25) is 19.2 Å². The number of hydrogen-bond donors (Lipinski definition) is 2. The molecule has 2 N–H and O–H groups in total. The molecule has 9 atom stereocenters. The smallest absolute Gasteiger partial charge is 0.313 e. The average molecular weight is 819 g/mol. The number of benzene rings is 3. The van der Waals surface area contributed by atoms with Crippen LogP contribution in [0.3, 0.4) is 0 Å². The lowest BCUT2D eigenvalue weighted by Gasteiger charge is -2.39. The molecule has 3 saturated heterocycles. The van der Waals surface area contributed by atoms with Gasteiger partial charge in [0.1, 0.15) is 17.7 Å². The van der Waals surface area contributed by atoms with Crippen LogP contribution in [-0.4, -0.2) is 81.5 Å². The fraction of sp³-hybridized carbons (Fsp3) is 0.381. The summed E-state index contributed by atoms with van der Waals surface area (Å²) in [6, 6.07) is 22.7. The summed E-state index contributed by atoms with van der Waals surface area (Å²) in [5.41, 5.74) is 0.628. The van der Waals surface area contributed by atoms with E-state index < -0.39 is 77.0 Å². The molecule has 0 aliphatic carbocycles. The van der Waals surface area contributed by atoms with Crippen molar-refractivity contribution in [3.63, 3.8) is 0 Å². The average Bonchev–Trinajstić information content (AvgIpc) is 3.78. The van der Waals surface area contributed by atoms with Crippen LogP contribution in [0.1, 0.15) is 43.4 Å². The number of anilines is 1. The summed E-state index contributed by atoms with van der Waals surface area (Å²) in [4.78, 5) is 60.1. The highest BCUT2D eigenvalue weighted by Gasteiger charge is 2.77. The Balaban J connectivity index is 1.40. The number of allylic oxidation sites excluding steroid dienone is 1. The van der Waals surface area contributed by atoms with E-state index >= 15 is 9.59 Å². The van der Waals surface area contributed by atoms with Gasteiger partial charge in [0, 0.05) is 28.5 Å². The van der Waals surface area contributed by atoms with Crippen LogP contribution in [0.2, 0.25) is 5.02 Å². The van der Waals surface area contributed by atoms with Gasteiger partial charge in [-0.1, -0.05) is 100 Å². The second kappa shape index (κ2) is 17.0. The van der Waals surface area contributed by atoms with Gasteiger partial charge in [0.05, 0.1) is 36.6 Å². The monoisotopic (exact) mass is 817 g/mol. The van der Waals surface area contributed by atoms with Crippen molar-refractivity contribution in [2.45, 2.75) is 73.4 Å². The third kappa shape index (κ3) is 7.64. The molecule has 10 nitrogen and oxygen atoms in total. The van der Waals surface area contributed by atoms with Crippen LogP contribution in [0, 0.1) is 11.8 Å². The number of amides is 3. The van der Waals surface area contributed by atoms with E-state index in [1.54, 1.807) is 43.3 Å². The van der Waals surface area contributed by atoms with Crippen molar-refractivity contribution in [3.8, 4) is 0 Å². The first-order valence-corrected chi connectivity index (χ1v) is 19.5. The van der Waals surface area contributed by atoms with Crippen molar-refractivity contribution >= 4 is 56.9 Å². The molecule has 1 spiro atoms. The maximum Gasteiger partial charge on any atom is 0.313 e. The Kier molecular flexibility index (Phi) is 12.4. The zero-order valence-corrected chi connectivity index (χ0v) is 32.4. The van der Waals surface area contributed by atoms with Crippen LogP contribution in [0.4, 0.5) is 5.69 Å². The van der Waals surface area contributed by atoms with Crippen molar-refractivity contribution in [1.29, 1.82) is 0 Å². The number of esters is 1. The minimum absolute atomic E-state index is 0.115. The third-order valence-corrected chi connectivity index (χ3v) is 11.8. The lowest BCUT2D eigenvalue weighted by Crippen LogP contribution is -2.59. The number of nitrogens with one attached hydrogen (secondary N) is 1. The van der Waals surface area contributed by atoms with E-state index in [1.807, 2.05) is 60.7 Å². The Morgan fingerprint density at radius 1 is 1.07 bits per heavy atom. The van der Waals surface area contributed by atoms with Gasteiger partial charge < -0.3 is 29.7 Å². The van der Waals surface area contributed by atoms with Crippen LogP contribution < -0.4 is 10.2 Å². The van der Waals surface area contributed by atoms with Gasteiger partial charge >= 0.3 is 5.97 Å². The first-order chi connectivity index (χ1) is 26.0. The summed E-state index contributed by atoms with van der Waals surface area (Å²) < 4.78 is 13.1. The highest BCUT2D eigenvalue weighted by molar-refractivity contribution is 9.09. The van der Waals surface area contributed by atoms with Crippen molar-refractivity contribution in [3.05, 3.63) is 126 Å². The second-order valence-electron chi connectivity index (χ2n) is 14.1. The molecule has 0 aromatic heterocycles. The molecule has 3 heterocycles. The Bertz CT molecular complexity index is 1850. The molecule has 12 heteroatoms. The number of halogens is 2. The van der Waals surface area contributed by atoms with Crippen LogP contribution in [0.15, 0.2) is 110 Å². The molecule has 1 unspecified atom stereocenters.